The molecule has 15 heavy (non-hydrogen) atoms. The van der Waals surface area contributed by atoms with Crippen LogP contribution >= 0.6 is 15.9 Å². The van der Waals surface area contributed by atoms with Gasteiger partial charge in [0.25, 0.3) is 0 Å². The number of hydrogen-bond donors (Lipinski definition) is 0. The smallest absolute Gasteiger partial charge is 0.125 e. The minimum atomic E-state index is 0.481. The molecule has 0 fully saturated rings. The third-order valence-corrected chi connectivity index (χ3v) is 3.28. The van der Waals surface area contributed by atoms with Crippen LogP contribution < -0.4 is 0 Å². The zero-order valence-electron chi connectivity index (χ0n) is 8.53. The highest BCUT2D eigenvalue weighted by atomic mass is 79.9. The van der Waals surface area contributed by atoms with Gasteiger partial charge in [-0.2, -0.15) is 0 Å². The second-order valence-corrected chi connectivity index (χ2v) is 4.28. The van der Waals surface area contributed by atoms with Crippen molar-refractivity contribution in [3.63, 3.8) is 0 Å². The van der Waals surface area contributed by atoms with Gasteiger partial charge in [0.15, 0.2) is 0 Å². The Kier molecular flexibility index (Phi) is 2.91. The zero-order valence-corrected chi connectivity index (χ0v) is 10.1. The van der Waals surface area contributed by atoms with Gasteiger partial charge >= 0.3 is 0 Å². The molecule has 0 saturated carbocycles. The Morgan fingerprint density at radius 1 is 1.47 bits per heavy atom. The largest absolute Gasteiger partial charge is 0.344 e. The molecule has 0 amide bonds. The predicted molar refractivity (Wildman–Crippen MR) is 65.1 cm³/mol. The zero-order chi connectivity index (χ0) is 10.8. The molecule has 1 aromatic heterocycles. The molecule has 78 valence electrons. The van der Waals surface area contributed by atoms with Gasteiger partial charge in [-0.05, 0) is 25.1 Å². The van der Waals surface area contributed by atoms with Gasteiger partial charge in [-0.3, -0.25) is 0 Å². The third kappa shape index (κ3) is 1.72. The summed E-state index contributed by atoms with van der Waals surface area (Å²) in [6.45, 7) is 2.98. The second-order valence-electron chi connectivity index (χ2n) is 3.42. The molecule has 2 aromatic rings. The topological polar surface area (TPSA) is 22.0 Å². The number of carbonyl (C=O) groups is 1. The highest BCUT2D eigenvalue weighted by molar-refractivity contribution is 9.10. The fourth-order valence-corrected chi connectivity index (χ4v) is 2.40. The van der Waals surface area contributed by atoms with Gasteiger partial charge in [0, 0.05) is 34.0 Å². The average Bonchev–Trinajstić information content (AvgIpc) is 2.58. The quantitative estimate of drug-likeness (QED) is 0.782. The van der Waals surface area contributed by atoms with Crippen molar-refractivity contribution in [1.82, 2.24) is 4.57 Å². The number of carbonyl (C=O) groups excluding carboxylic acids is 1. The molecule has 2 rings (SSSR count). The highest BCUT2D eigenvalue weighted by Crippen LogP contribution is 2.27. The van der Waals surface area contributed by atoms with Crippen LogP contribution in [0.2, 0.25) is 0 Å². The van der Waals surface area contributed by atoms with Crippen molar-refractivity contribution in [2.45, 2.75) is 19.9 Å². The van der Waals surface area contributed by atoms with Crippen LogP contribution in [0.5, 0.6) is 0 Å². The molecule has 0 spiro atoms. The van der Waals surface area contributed by atoms with Gasteiger partial charge in [-0.25, -0.2) is 0 Å². The van der Waals surface area contributed by atoms with E-state index in [1.165, 1.54) is 10.9 Å². The number of halogens is 1. The van der Waals surface area contributed by atoms with Gasteiger partial charge in [0.2, 0.25) is 0 Å². The van der Waals surface area contributed by atoms with Crippen LogP contribution in [-0.2, 0) is 17.8 Å². The number of aryl methyl sites for hydroxylation is 1. The first kappa shape index (κ1) is 10.4. The Morgan fingerprint density at radius 2 is 2.27 bits per heavy atom. The molecule has 2 nitrogen and oxygen atoms in total. The molecule has 0 aliphatic heterocycles. The van der Waals surface area contributed by atoms with E-state index >= 15 is 0 Å². The van der Waals surface area contributed by atoms with Crippen molar-refractivity contribution in [3.8, 4) is 0 Å². The normalized spacial score (nSPS) is 10.8. The summed E-state index contributed by atoms with van der Waals surface area (Å²) in [5.41, 5.74) is 2.26. The van der Waals surface area contributed by atoms with Crippen molar-refractivity contribution in [2.75, 3.05) is 0 Å². The van der Waals surface area contributed by atoms with Gasteiger partial charge in [-0.1, -0.05) is 22.0 Å². The summed E-state index contributed by atoms with van der Waals surface area (Å²) in [7, 11) is 0. The Hall–Kier alpha value is -1.09. The number of fused-ring (bicyclic) bond motifs is 1. The SMILES string of the molecule is CCn1c(CC=O)cc2c(Br)cccc21. The Morgan fingerprint density at radius 3 is 2.93 bits per heavy atom. The predicted octanol–water partition coefficient (Wildman–Crippen LogP) is 3.17. The average molecular weight is 266 g/mol. The lowest BCUT2D eigenvalue weighted by atomic mass is 10.2. The molecule has 1 aromatic carbocycles. The number of aromatic nitrogens is 1. The minimum absolute atomic E-state index is 0.481. The summed E-state index contributed by atoms with van der Waals surface area (Å²) in [5, 5.41) is 1.18. The third-order valence-electron chi connectivity index (χ3n) is 2.59. The molecule has 0 radical (unpaired) electrons. The molecule has 0 bridgehead atoms. The molecule has 0 unspecified atom stereocenters. The minimum Gasteiger partial charge on any atom is -0.344 e. The molecule has 0 atom stereocenters. The lowest BCUT2D eigenvalue weighted by molar-refractivity contribution is -0.107. The number of aldehydes is 1. The van der Waals surface area contributed by atoms with E-state index in [9.17, 15) is 4.79 Å². The van der Waals surface area contributed by atoms with E-state index in [4.69, 9.17) is 0 Å². The van der Waals surface area contributed by atoms with Crippen molar-refractivity contribution >= 4 is 33.1 Å². The highest BCUT2D eigenvalue weighted by Gasteiger charge is 2.08. The van der Waals surface area contributed by atoms with Crippen LogP contribution in [0.1, 0.15) is 12.6 Å². The maximum atomic E-state index is 10.6. The standard InChI is InChI=1S/C12H12BrNO/c1-2-14-9(6-7-15)8-10-11(13)4-3-5-12(10)14/h3-5,7-8H,2,6H2,1H3. The Labute approximate surface area is 97.0 Å². The summed E-state index contributed by atoms with van der Waals surface area (Å²) < 4.78 is 3.26. The maximum absolute atomic E-state index is 10.6. The molecule has 3 heteroatoms. The van der Waals surface area contributed by atoms with E-state index in [0.717, 1.165) is 23.0 Å². The van der Waals surface area contributed by atoms with Crippen LogP contribution in [-0.4, -0.2) is 10.9 Å². The van der Waals surface area contributed by atoms with E-state index in [2.05, 4.69) is 39.6 Å². The first-order valence-corrected chi connectivity index (χ1v) is 5.77. The number of hydrogen-bond acceptors (Lipinski definition) is 1. The second kappa shape index (κ2) is 4.19. The Bertz CT molecular complexity index is 502. The lowest BCUT2D eigenvalue weighted by Gasteiger charge is -2.04. The number of nitrogens with zero attached hydrogens (tertiary/aromatic N) is 1. The first-order chi connectivity index (χ1) is 7.27. The van der Waals surface area contributed by atoms with E-state index in [1.54, 1.807) is 0 Å². The van der Waals surface area contributed by atoms with Gasteiger partial charge in [0.1, 0.15) is 6.29 Å². The summed E-state index contributed by atoms with van der Waals surface area (Å²) in [6.07, 6.45) is 1.43. The molecular weight excluding hydrogens is 254 g/mol. The van der Waals surface area contributed by atoms with Crippen molar-refractivity contribution < 1.29 is 4.79 Å². The summed E-state index contributed by atoms with van der Waals surface area (Å²) in [4.78, 5) is 10.6. The summed E-state index contributed by atoms with van der Waals surface area (Å²) >= 11 is 3.52. The van der Waals surface area contributed by atoms with Crippen molar-refractivity contribution in [3.05, 3.63) is 34.4 Å². The first-order valence-electron chi connectivity index (χ1n) is 4.98. The van der Waals surface area contributed by atoms with Gasteiger partial charge < -0.3 is 9.36 Å². The van der Waals surface area contributed by atoms with Gasteiger partial charge in [0.05, 0.1) is 0 Å². The molecule has 0 N–H and O–H groups in total. The van der Waals surface area contributed by atoms with Crippen LogP contribution in [0.3, 0.4) is 0 Å². The van der Waals surface area contributed by atoms with Crippen LogP contribution in [0, 0.1) is 0 Å². The Balaban J connectivity index is 2.72. The van der Waals surface area contributed by atoms with E-state index in [1.807, 2.05) is 12.1 Å². The summed E-state index contributed by atoms with van der Waals surface area (Å²) in [5.74, 6) is 0. The summed E-state index contributed by atoms with van der Waals surface area (Å²) in [6, 6.07) is 8.20. The van der Waals surface area contributed by atoms with Crippen molar-refractivity contribution in [1.29, 1.82) is 0 Å². The molecule has 0 saturated heterocycles. The fraction of sp³-hybridized carbons (Fsp3) is 0.250. The molecule has 1 heterocycles. The van der Waals surface area contributed by atoms with E-state index < -0.39 is 0 Å². The molecular formula is C12H12BrNO. The molecule has 0 aliphatic carbocycles. The van der Waals surface area contributed by atoms with Crippen LogP contribution in [0.25, 0.3) is 10.9 Å². The van der Waals surface area contributed by atoms with Gasteiger partial charge in [-0.15, -0.1) is 0 Å². The number of benzene rings is 1. The molecule has 0 aliphatic rings. The monoisotopic (exact) mass is 265 g/mol. The fourth-order valence-electron chi connectivity index (χ4n) is 1.93. The number of rotatable bonds is 3. The van der Waals surface area contributed by atoms with Crippen LogP contribution in [0.4, 0.5) is 0 Å². The van der Waals surface area contributed by atoms with Crippen molar-refractivity contribution in [2.24, 2.45) is 0 Å². The van der Waals surface area contributed by atoms with E-state index in [-0.39, 0.29) is 0 Å². The van der Waals surface area contributed by atoms with E-state index in [0.29, 0.717) is 6.42 Å². The lowest BCUT2D eigenvalue weighted by Crippen LogP contribution is -2.00. The maximum Gasteiger partial charge on any atom is 0.125 e. The van der Waals surface area contributed by atoms with Crippen LogP contribution in [0.15, 0.2) is 28.7 Å².